The van der Waals surface area contributed by atoms with Crippen LogP contribution >= 0.6 is 0 Å². The molecule has 3 fully saturated rings. The van der Waals surface area contributed by atoms with E-state index in [1.165, 1.54) is 0 Å². The molecular formula is C27H29N5O3. The fraction of sp³-hybridized carbons (Fsp3) is 0.481. The van der Waals surface area contributed by atoms with E-state index in [1.807, 2.05) is 45.0 Å². The van der Waals surface area contributed by atoms with Crippen LogP contribution in [0.3, 0.4) is 0 Å². The van der Waals surface area contributed by atoms with E-state index in [0.29, 0.717) is 31.1 Å². The Labute approximate surface area is 204 Å². The Balaban J connectivity index is 1.12. The summed E-state index contributed by atoms with van der Waals surface area (Å²) in [4.78, 5) is 50.5. The Bertz CT molecular complexity index is 1250. The Morgan fingerprint density at radius 3 is 2.83 bits per heavy atom. The first kappa shape index (κ1) is 21.1. The smallest absolute Gasteiger partial charge is 0.256 e. The lowest BCUT2D eigenvalue weighted by molar-refractivity contribution is -0.138. The third-order valence-electron chi connectivity index (χ3n) is 8.54. The largest absolute Gasteiger partial charge is 0.337 e. The fourth-order valence-corrected chi connectivity index (χ4v) is 6.61. The number of carbonyl (C=O) groups is 3. The van der Waals surface area contributed by atoms with Crippen LogP contribution < -0.4 is 5.32 Å². The Kier molecular flexibility index (Phi) is 4.74. The van der Waals surface area contributed by atoms with Crippen LogP contribution in [-0.2, 0) is 17.6 Å². The minimum Gasteiger partial charge on any atom is -0.337 e. The minimum absolute atomic E-state index is 0.0222. The van der Waals surface area contributed by atoms with Crippen molar-refractivity contribution in [2.45, 2.75) is 43.8 Å². The van der Waals surface area contributed by atoms with Crippen LogP contribution in [-0.4, -0.2) is 82.2 Å². The first-order valence-electron chi connectivity index (χ1n) is 12.8. The summed E-state index contributed by atoms with van der Waals surface area (Å²) < 4.78 is 0. The quantitative estimate of drug-likeness (QED) is 0.716. The van der Waals surface area contributed by atoms with Gasteiger partial charge in [-0.05, 0) is 55.0 Å². The number of carbonyl (C=O) groups excluding carboxylic acids is 3. The van der Waals surface area contributed by atoms with Gasteiger partial charge in [0.05, 0.1) is 11.6 Å². The molecule has 4 aliphatic heterocycles. The maximum Gasteiger partial charge on any atom is 0.256 e. The predicted octanol–water partition coefficient (Wildman–Crippen LogP) is 1.41. The summed E-state index contributed by atoms with van der Waals surface area (Å²) in [5.41, 5.74) is 4.54. The van der Waals surface area contributed by atoms with E-state index in [1.54, 1.807) is 6.20 Å². The zero-order valence-corrected chi connectivity index (χ0v) is 19.7. The van der Waals surface area contributed by atoms with Gasteiger partial charge in [0.25, 0.3) is 11.8 Å². The summed E-state index contributed by atoms with van der Waals surface area (Å²) >= 11 is 0. The van der Waals surface area contributed by atoms with Gasteiger partial charge in [0.15, 0.2) is 0 Å². The molecule has 5 aliphatic rings. The highest BCUT2D eigenvalue weighted by atomic mass is 16.2. The van der Waals surface area contributed by atoms with Gasteiger partial charge in [-0.1, -0.05) is 18.2 Å². The van der Waals surface area contributed by atoms with Crippen molar-refractivity contribution in [2.24, 2.45) is 5.92 Å². The molecule has 7 rings (SSSR count). The molecule has 1 aromatic carbocycles. The number of rotatable bonds is 2. The van der Waals surface area contributed by atoms with Crippen LogP contribution in [0.2, 0.25) is 0 Å². The van der Waals surface area contributed by atoms with Crippen molar-refractivity contribution in [1.29, 1.82) is 0 Å². The normalized spacial score (nSPS) is 28.7. The second-order valence-electron chi connectivity index (χ2n) is 10.5. The van der Waals surface area contributed by atoms with E-state index in [-0.39, 0.29) is 29.8 Å². The van der Waals surface area contributed by atoms with Gasteiger partial charge in [-0.2, -0.15) is 0 Å². The number of nitrogens with zero attached hydrogens (tertiary/aromatic N) is 4. The van der Waals surface area contributed by atoms with Crippen molar-refractivity contribution in [3.63, 3.8) is 0 Å². The standard InChI is InChI=1S/C27H29N5O3/c33-25(18-11-16-5-7-28-8-6-21(16)29-14-18)32-22-12-17(22)13-23(32)27(35)30-9-10-31-24(15-30)19-3-1-2-4-20(19)26(31)34/h1-4,11,14,17,22-24,28H,5-10,12-13,15H2/t17-,22-,23-,24?/m0/s1. The van der Waals surface area contributed by atoms with Crippen molar-refractivity contribution < 1.29 is 14.4 Å². The molecule has 2 aromatic rings. The van der Waals surface area contributed by atoms with Gasteiger partial charge in [-0.15, -0.1) is 0 Å². The number of piperidine rings is 1. The van der Waals surface area contributed by atoms with Crippen LogP contribution in [0.5, 0.6) is 0 Å². The van der Waals surface area contributed by atoms with Crippen molar-refractivity contribution >= 4 is 17.7 Å². The zero-order valence-electron chi connectivity index (χ0n) is 19.7. The van der Waals surface area contributed by atoms with E-state index in [2.05, 4.69) is 10.3 Å². The van der Waals surface area contributed by atoms with E-state index in [0.717, 1.165) is 61.2 Å². The molecule has 8 nitrogen and oxygen atoms in total. The monoisotopic (exact) mass is 471 g/mol. The summed E-state index contributed by atoms with van der Waals surface area (Å²) in [5.74, 6) is 0.429. The molecule has 1 unspecified atom stereocenters. The topological polar surface area (TPSA) is 85.8 Å². The molecule has 8 heteroatoms. The van der Waals surface area contributed by atoms with Gasteiger partial charge in [0.1, 0.15) is 6.04 Å². The van der Waals surface area contributed by atoms with Gasteiger partial charge >= 0.3 is 0 Å². The SMILES string of the molecule is O=C([C@@H]1C[C@@H]2C[C@@H]2N1C(=O)c1cnc2c(c1)CCNCC2)N1CCN2C(=O)c3ccccc3C2C1. The molecule has 1 N–H and O–H groups in total. The average molecular weight is 472 g/mol. The van der Waals surface area contributed by atoms with Crippen molar-refractivity contribution in [3.8, 4) is 0 Å². The third kappa shape index (κ3) is 3.30. The highest BCUT2D eigenvalue weighted by Gasteiger charge is 2.57. The molecular weight excluding hydrogens is 442 g/mol. The number of pyridine rings is 1. The van der Waals surface area contributed by atoms with E-state index in [4.69, 9.17) is 0 Å². The molecule has 0 spiro atoms. The molecule has 2 saturated heterocycles. The number of likely N-dealkylation sites (tertiary alicyclic amines) is 1. The summed E-state index contributed by atoms with van der Waals surface area (Å²) in [6.45, 7) is 3.32. The van der Waals surface area contributed by atoms with Gasteiger partial charge in [0.2, 0.25) is 5.91 Å². The van der Waals surface area contributed by atoms with E-state index in [9.17, 15) is 14.4 Å². The molecule has 0 bridgehead atoms. The second kappa shape index (κ2) is 7.88. The van der Waals surface area contributed by atoms with Crippen LogP contribution in [0.1, 0.15) is 56.4 Å². The number of benzene rings is 1. The first-order chi connectivity index (χ1) is 17.1. The number of piperazine rings is 1. The Hall–Kier alpha value is -3.26. The van der Waals surface area contributed by atoms with Crippen LogP contribution in [0.25, 0.3) is 0 Å². The molecule has 4 atom stereocenters. The maximum atomic E-state index is 13.8. The lowest BCUT2D eigenvalue weighted by Crippen LogP contribution is -2.55. The van der Waals surface area contributed by atoms with E-state index >= 15 is 0 Å². The fourth-order valence-electron chi connectivity index (χ4n) is 6.61. The highest BCUT2D eigenvalue weighted by Crippen LogP contribution is 2.49. The molecule has 1 saturated carbocycles. The Morgan fingerprint density at radius 2 is 1.91 bits per heavy atom. The van der Waals surface area contributed by atoms with Crippen molar-refractivity contribution in [1.82, 2.24) is 25.0 Å². The van der Waals surface area contributed by atoms with Gasteiger partial charge in [0, 0.05) is 56.1 Å². The van der Waals surface area contributed by atoms with Crippen LogP contribution in [0.15, 0.2) is 36.5 Å². The third-order valence-corrected chi connectivity index (χ3v) is 8.54. The molecule has 3 amide bonds. The summed E-state index contributed by atoms with van der Waals surface area (Å²) in [6, 6.07) is 9.34. The molecule has 1 aliphatic carbocycles. The zero-order chi connectivity index (χ0) is 23.7. The average Bonchev–Trinajstić information content (AvgIpc) is 3.55. The number of fused-ring (bicyclic) bond motifs is 5. The number of hydrogen-bond acceptors (Lipinski definition) is 5. The van der Waals surface area contributed by atoms with E-state index < -0.39 is 6.04 Å². The first-order valence-corrected chi connectivity index (χ1v) is 12.8. The number of amides is 3. The summed E-state index contributed by atoms with van der Waals surface area (Å²) in [5, 5.41) is 3.38. The van der Waals surface area contributed by atoms with Crippen LogP contribution in [0.4, 0.5) is 0 Å². The summed E-state index contributed by atoms with van der Waals surface area (Å²) in [6.07, 6.45) is 5.15. The van der Waals surface area contributed by atoms with Crippen LogP contribution in [0, 0.1) is 5.92 Å². The molecule has 1 aromatic heterocycles. The lowest BCUT2D eigenvalue weighted by Gasteiger charge is -2.40. The lowest BCUT2D eigenvalue weighted by atomic mass is 10.0. The minimum atomic E-state index is -0.425. The number of hydrogen-bond donors (Lipinski definition) is 1. The van der Waals surface area contributed by atoms with Gasteiger partial charge in [-0.3, -0.25) is 19.4 Å². The molecule has 5 heterocycles. The molecule has 180 valence electrons. The molecule has 35 heavy (non-hydrogen) atoms. The van der Waals surface area contributed by atoms with Crippen molar-refractivity contribution in [3.05, 3.63) is 64.5 Å². The van der Waals surface area contributed by atoms with Crippen molar-refractivity contribution in [2.75, 3.05) is 32.7 Å². The number of aromatic nitrogens is 1. The highest BCUT2D eigenvalue weighted by molar-refractivity contribution is 6.00. The summed E-state index contributed by atoms with van der Waals surface area (Å²) in [7, 11) is 0. The second-order valence-corrected chi connectivity index (χ2v) is 10.5. The maximum absolute atomic E-state index is 13.8. The number of nitrogens with one attached hydrogen (secondary N) is 1. The Morgan fingerprint density at radius 1 is 1.06 bits per heavy atom. The van der Waals surface area contributed by atoms with Gasteiger partial charge in [-0.25, -0.2) is 0 Å². The predicted molar refractivity (Wildman–Crippen MR) is 128 cm³/mol. The van der Waals surface area contributed by atoms with Gasteiger partial charge < -0.3 is 20.0 Å². The molecule has 0 radical (unpaired) electrons.